The second-order valence-corrected chi connectivity index (χ2v) is 5.30. The maximum Gasteiger partial charge on any atom is 0.412 e. The molecular weight excluding hydrogens is 277 g/mol. The average molecular weight is 290 g/mol. The number of carboxylic acid groups (broad SMARTS) is 1. The molecule has 88 valence electrons. The van der Waals surface area contributed by atoms with E-state index in [0.717, 1.165) is 4.90 Å². The molecule has 5 heteroatoms. The van der Waals surface area contributed by atoms with Crippen molar-refractivity contribution < 1.29 is 14.3 Å². The first kappa shape index (κ1) is 13.0. The van der Waals surface area contributed by atoms with Crippen molar-refractivity contribution in [1.82, 2.24) is 0 Å². The highest BCUT2D eigenvalue weighted by molar-refractivity contribution is 9.10. The van der Waals surface area contributed by atoms with Crippen molar-refractivity contribution in [3.05, 3.63) is 28.5 Å². The van der Waals surface area contributed by atoms with Gasteiger partial charge in [0.1, 0.15) is 5.82 Å². The van der Waals surface area contributed by atoms with Crippen molar-refractivity contribution in [2.45, 2.75) is 26.3 Å². The van der Waals surface area contributed by atoms with Crippen molar-refractivity contribution in [3.8, 4) is 0 Å². The van der Waals surface area contributed by atoms with Crippen molar-refractivity contribution >= 4 is 27.7 Å². The molecule has 0 aliphatic rings. The lowest BCUT2D eigenvalue weighted by Gasteiger charge is -2.33. The van der Waals surface area contributed by atoms with Crippen LogP contribution in [-0.4, -0.2) is 16.7 Å². The molecule has 0 saturated heterocycles. The van der Waals surface area contributed by atoms with Crippen molar-refractivity contribution in [2.24, 2.45) is 0 Å². The van der Waals surface area contributed by atoms with E-state index < -0.39 is 17.4 Å². The van der Waals surface area contributed by atoms with Crippen LogP contribution in [0, 0.1) is 5.82 Å². The van der Waals surface area contributed by atoms with Crippen molar-refractivity contribution in [3.63, 3.8) is 0 Å². The molecule has 0 bridgehead atoms. The fourth-order valence-electron chi connectivity index (χ4n) is 1.41. The number of amides is 1. The van der Waals surface area contributed by atoms with Gasteiger partial charge in [-0.1, -0.05) is 15.9 Å². The highest BCUT2D eigenvalue weighted by Gasteiger charge is 2.29. The predicted octanol–water partition coefficient (Wildman–Crippen LogP) is 3.87. The van der Waals surface area contributed by atoms with Crippen LogP contribution in [0.5, 0.6) is 0 Å². The summed E-state index contributed by atoms with van der Waals surface area (Å²) in [6, 6.07) is 4.30. The number of hydrogen-bond donors (Lipinski definition) is 1. The minimum absolute atomic E-state index is 0.0585. The van der Waals surface area contributed by atoms with Crippen LogP contribution in [0.2, 0.25) is 0 Å². The van der Waals surface area contributed by atoms with Gasteiger partial charge in [0, 0.05) is 10.0 Å². The van der Waals surface area contributed by atoms with Gasteiger partial charge in [0.2, 0.25) is 0 Å². The molecule has 1 aromatic rings. The number of benzene rings is 1. The van der Waals surface area contributed by atoms with Crippen LogP contribution in [0.1, 0.15) is 20.8 Å². The van der Waals surface area contributed by atoms with Gasteiger partial charge in [-0.25, -0.2) is 9.18 Å². The van der Waals surface area contributed by atoms with E-state index in [-0.39, 0.29) is 5.69 Å². The Morgan fingerprint density at radius 2 is 2.00 bits per heavy atom. The van der Waals surface area contributed by atoms with Crippen molar-refractivity contribution in [2.75, 3.05) is 4.90 Å². The van der Waals surface area contributed by atoms with E-state index in [4.69, 9.17) is 5.11 Å². The van der Waals surface area contributed by atoms with Gasteiger partial charge in [-0.2, -0.15) is 0 Å². The van der Waals surface area contributed by atoms with Gasteiger partial charge < -0.3 is 5.11 Å². The second-order valence-electron chi connectivity index (χ2n) is 4.38. The SMILES string of the molecule is CC(C)(C)N(C(=O)O)c1ccc(Br)cc1F. The van der Waals surface area contributed by atoms with E-state index in [0.29, 0.717) is 4.47 Å². The number of rotatable bonds is 1. The molecule has 1 N–H and O–H groups in total. The van der Waals surface area contributed by atoms with Gasteiger partial charge in [-0.3, -0.25) is 4.90 Å². The first-order valence-electron chi connectivity index (χ1n) is 4.71. The molecule has 16 heavy (non-hydrogen) atoms. The van der Waals surface area contributed by atoms with E-state index in [2.05, 4.69) is 15.9 Å². The summed E-state index contributed by atoms with van der Waals surface area (Å²) in [5.74, 6) is -0.563. The van der Waals surface area contributed by atoms with Gasteiger partial charge >= 0.3 is 6.09 Å². The summed E-state index contributed by atoms with van der Waals surface area (Å²) < 4.78 is 14.2. The summed E-state index contributed by atoms with van der Waals surface area (Å²) in [5.41, 5.74) is -0.635. The molecule has 0 aliphatic carbocycles. The average Bonchev–Trinajstić information content (AvgIpc) is 2.06. The third kappa shape index (κ3) is 2.72. The van der Waals surface area contributed by atoms with E-state index in [1.54, 1.807) is 26.8 Å². The number of nitrogens with zero attached hydrogens (tertiary/aromatic N) is 1. The molecule has 0 radical (unpaired) electrons. The Balaban J connectivity index is 3.28. The Morgan fingerprint density at radius 1 is 1.44 bits per heavy atom. The summed E-state index contributed by atoms with van der Waals surface area (Å²) in [6.07, 6.45) is -1.17. The molecule has 1 rings (SSSR count). The van der Waals surface area contributed by atoms with E-state index in [9.17, 15) is 9.18 Å². The monoisotopic (exact) mass is 289 g/mol. The lowest BCUT2D eigenvalue weighted by molar-refractivity contribution is 0.195. The van der Waals surface area contributed by atoms with Gasteiger partial charge in [0.25, 0.3) is 0 Å². The van der Waals surface area contributed by atoms with E-state index >= 15 is 0 Å². The van der Waals surface area contributed by atoms with Crippen LogP contribution in [0.25, 0.3) is 0 Å². The largest absolute Gasteiger partial charge is 0.465 e. The van der Waals surface area contributed by atoms with Gasteiger partial charge in [0.15, 0.2) is 0 Å². The third-order valence-corrected chi connectivity index (χ3v) is 2.51. The Labute approximate surface area is 102 Å². The molecule has 0 saturated carbocycles. The fraction of sp³-hybridized carbons (Fsp3) is 0.364. The first-order chi connectivity index (χ1) is 7.23. The van der Waals surface area contributed by atoms with Gasteiger partial charge in [-0.05, 0) is 39.0 Å². The maximum absolute atomic E-state index is 13.7. The molecular formula is C11H13BrFNO2. The van der Waals surface area contributed by atoms with Crippen LogP contribution in [-0.2, 0) is 0 Å². The van der Waals surface area contributed by atoms with Crippen LogP contribution in [0.15, 0.2) is 22.7 Å². The molecule has 0 unspecified atom stereocenters. The lowest BCUT2D eigenvalue weighted by atomic mass is 10.1. The molecule has 0 spiro atoms. The van der Waals surface area contributed by atoms with Crippen LogP contribution in [0.3, 0.4) is 0 Å². The fourth-order valence-corrected chi connectivity index (χ4v) is 1.75. The van der Waals surface area contributed by atoms with E-state index in [1.807, 2.05) is 0 Å². The zero-order valence-electron chi connectivity index (χ0n) is 9.29. The third-order valence-electron chi connectivity index (χ3n) is 2.01. The summed E-state index contributed by atoms with van der Waals surface area (Å²) in [4.78, 5) is 12.1. The van der Waals surface area contributed by atoms with Gasteiger partial charge in [0.05, 0.1) is 5.69 Å². The molecule has 0 aliphatic heterocycles. The molecule has 1 amide bonds. The Kier molecular flexibility index (Phi) is 3.57. The summed E-state index contributed by atoms with van der Waals surface area (Å²) >= 11 is 3.13. The number of anilines is 1. The van der Waals surface area contributed by atoms with Crippen molar-refractivity contribution in [1.29, 1.82) is 0 Å². The molecule has 0 atom stereocenters. The summed E-state index contributed by atoms with van der Waals surface area (Å²) in [5, 5.41) is 9.10. The second kappa shape index (κ2) is 4.41. The Morgan fingerprint density at radius 3 is 2.38 bits per heavy atom. The highest BCUT2D eigenvalue weighted by atomic mass is 79.9. The molecule has 0 fully saturated rings. The molecule has 0 heterocycles. The van der Waals surface area contributed by atoms with Gasteiger partial charge in [-0.15, -0.1) is 0 Å². The zero-order chi connectivity index (χ0) is 12.5. The predicted molar refractivity (Wildman–Crippen MR) is 64.4 cm³/mol. The standard InChI is InChI=1S/C11H13BrFNO2/c1-11(2,3)14(10(15)16)9-5-4-7(12)6-8(9)13/h4-6H,1-3H3,(H,15,16). The number of hydrogen-bond acceptors (Lipinski definition) is 1. The smallest absolute Gasteiger partial charge is 0.412 e. The normalized spacial score (nSPS) is 11.3. The first-order valence-corrected chi connectivity index (χ1v) is 5.51. The number of halogens is 2. The zero-order valence-corrected chi connectivity index (χ0v) is 10.9. The Hall–Kier alpha value is -1.10. The lowest BCUT2D eigenvalue weighted by Crippen LogP contribution is -2.45. The number of carbonyl (C=O) groups is 1. The quantitative estimate of drug-likeness (QED) is 0.853. The molecule has 1 aromatic carbocycles. The van der Waals surface area contributed by atoms with E-state index in [1.165, 1.54) is 12.1 Å². The minimum Gasteiger partial charge on any atom is -0.465 e. The summed E-state index contributed by atoms with van der Waals surface area (Å²) in [6.45, 7) is 5.13. The van der Waals surface area contributed by atoms with Crippen LogP contribution < -0.4 is 4.90 Å². The molecule has 3 nitrogen and oxygen atoms in total. The van der Waals surface area contributed by atoms with Crippen LogP contribution in [0.4, 0.5) is 14.9 Å². The summed E-state index contributed by atoms with van der Waals surface area (Å²) in [7, 11) is 0. The highest BCUT2D eigenvalue weighted by Crippen LogP contribution is 2.28. The minimum atomic E-state index is -1.17. The van der Waals surface area contributed by atoms with Crippen LogP contribution >= 0.6 is 15.9 Å². The Bertz CT molecular complexity index is 415. The molecule has 0 aromatic heterocycles. The maximum atomic E-state index is 13.7. The topological polar surface area (TPSA) is 40.5 Å².